The van der Waals surface area contributed by atoms with E-state index in [0.29, 0.717) is 21.7 Å². The Bertz CT molecular complexity index is 689. The second-order valence-corrected chi connectivity index (χ2v) is 16.0. The molecule has 6 aliphatic rings. The van der Waals surface area contributed by atoms with Gasteiger partial charge in [0.25, 0.3) is 0 Å². The number of morpholine rings is 2. The number of hydrogen-bond acceptors (Lipinski definition) is 6. The first-order valence-corrected chi connectivity index (χ1v) is 16.7. The fourth-order valence-corrected chi connectivity index (χ4v) is 13.6. The summed E-state index contributed by atoms with van der Waals surface area (Å²) in [6, 6.07) is 1.55. The summed E-state index contributed by atoms with van der Waals surface area (Å²) < 4.78 is 11.4. The van der Waals surface area contributed by atoms with Gasteiger partial charge in [-0.2, -0.15) is 0 Å². The second-order valence-electron chi connectivity index (χ2n) is 13.6. The molecule has 4 bridgehead atoms. The van der Waals surface area contributed by atoms with E-state index in [1.165, 1.54) is 50.0 Å². The number of nitrogens with zero attached hydrogens (tertiary/aromatic N) is 2. The van der Waals surface area contributed by atoms with Crippen molar-refractivity contribution in [2.45, 2.75) is 78.3 Å². The van der Waals surface area contributed by atoms with Crippen LogP contribution in [-0.4, -0.2) is 86.0 Å². The molecule has 2 aliphatic heterocycles. The number of fused-ring (bicyclic) bond motifs is 4. The Morgan fingerprint density at radius 1 is 0.647 bits per heavy atom. The van der Waals surface area contributed by atoms with E-state index < -0.39 is 0 Å². The Balaban J connectivity index is 1.15. The summed E-state index contributed by atoms with van der Waals surface area (Å²) in [4.78, 5) is 5.65. The summed E-state index contributed by atoms with van der Waals surface area (Å²) in [7, 11) is 4.51. The Labute approximate surface area is 216 Å². The first-order chi connectivity index (χ1) is 16.3. The van der Waals surface area contributed by atoms with Gasteiger partial charge >= 0.3 is 0 Å². The molecule has 4 saturated carbocycles. The molecular weight excluding hydrogens is 460 g/mol. The summed E-state index contributed by atoms with van der Waals surface area (Å²) in [6.07, 6.45) is 8.64. The molecule has 2 heterocycles. The van der Waals surface area contributed by atoms with Crippen molar-refractivity contribution in [1.29, 1.82) is 0 Å². The van der Waals surface area contributed by atoms with Crippen LogP contribution in [0.3, 0.4) is 0 Å². The molecule has 6 fully saturated rings. The maximum absolute atomic E-state index is 5.72. The number of ether oxygens (including phenoxy) is 2. The molecule has 2 saturated heterocycles. The van der Waals surface area contributed by atoms with Gasteiger partial charge in [-0.25, -0.2) is 0 Å². The van der Waals surface area contributed by atoms with Crippen LogP contribution in [-0.2, 0) is 9.47 Å². The highest BCUT2D eigenvalue weighted by Gasteiger charge is 2.66. The van der Waals surface area contributed by atoms with Crippen molar-refractivity contribution in [1.82, 2.24) is 9.80 Å². The lowest BCUT2D eigenvalue weighted by molar-refractivity contribution is -0.0253. The van der Waals surface area contributed by atoms with Gasteiger partial charge in [-0.1, -0.05) is 49.3 Å². The molecular formula is C28H48N2O2S2. The van der Waals surface area contributed by atoms with Gasteiger partial charge in [-0.3, -0.25) is 9.80 Å². The molecule has 194 valence electrons. The largest absolute Gasteiger partial charge is 0.379 e. The lowest BCUT2D eigenvalue weighted by atomic mass is 9.68. The van der Waals surface area contributed by atoms with Crippen LogP contribution in [0, 0.1) is 33.5 Å². The van der Waals surface area contributed by atoms with Crippen LogP contribution < -0.4 is 0 Å². The molecule has 6 atom stereocenters. The summed E-state index contributed by atoms with van der Waals surface area (Å²) in [5.41, 5.74) is 1.92. The van der Waals surface area contributed by atoms with Crippen molar-refractivity contribution in [2.24, 2.45) is 33.5 Å². The average molecular weight is 509 g/mol. The fourth-order valence-electron chi connectivity index (χ4n) is 9.83. The van der Waals surface area contributed by atoms with Gasteiger partial charge in [0, 0.05) is 60.6 Å². The van der Waals surface area contributed by atoms with E-state index in [2.05, 4.69) is 59.1 Å². The van der Waals surface area contributed by atoms with Gasteiger partial charge in [0.05, 0.1) is 26.4 Å². The minimum Gasteiger partial charge on any atom is -0.379 e. The van der Waals surface area contributed by atoms with E-state index in [1.807, 2.05) is 0 Å². The summed E-state index contributed by atoms with van der Waals surface area (Å²) in [5.74, 6) is 4.51. The van der Waals surface area contributed by atoms with Crippen LogP contribution in [0.2, 0.25) is 0 Å². The standard InChI is InChI=1S/C28H48N2O2S2/c1-25(2)21-5-7-27(25,23(17-21)29-9-13-31-14-10-29)19-33-34-20-28-8-6-22(26(28,3)4)18-24(28)30-11-15-32-16-12-30/h21-24H,5-20H2,1-4H3. The Morgan fingerprint density at radius 3 is 1.38 bits per heavy atom. The van der Waals surface area contributed by atoms with E-state index in [0.717, 1.165) is 76.5 Å². The fraction of sp³-hybridized carbons (Fsp3) is 1.00. The van der Waals surface area contributed by atoms with E-state index in [9.17, 15) is 0 Å². The van der Waals surface area contributed by atoms with Gasteiger partial charge in [0.2, 0.25) is 0 Å². The summed E-state index contributed by atoms with van der Waals surface area (Å²) in [6.45, 7) is 18.8. The normalized spacial score (nSPS) is 45.9. The highest BCUT2D eigenvalue weighted by molar-refractivity contribution is 8.76. The predicted molar refractivity (Wildman–Crippen MR) is 144 cm³/mol. The van der Waals surface area contributed by atoms with Crippen molar-refractivity contribution in [3.63, 3.8) is 0 Å². The third-order valence-electron chi connectivity index (χ3n) is 12.5. The number of hydrogen-bond donors (Lipinski definition) is 0. The van der Waals surface area contributed by atoms with E-state index in [1.54, 1.807) is 0 Å². The van der Waals surface area contributed by atoms with Crippen LogP contribution in [0.5, 0.6) is 0 Å². The maximum Gasteiger partial charge on any atom is 0.0594 e. The van der Waals surface area contributed by atoms with E-state index in [4.69, 9.17) is 9.47 Å². The van der Waals surface area contributed by atoms with Crippen molar-refractivity contribution in [3.05, 3.63) is 0 Å². The second kappa shape index (κ2) is 9.08. The van der Waals surface area contributed by atoms with Gasteiger partial charge in [-0.15, -0.1) is 0 Å². The first kappa shape index (κ1) is 24.9. The topological polar surface area (TPSA) is 24.9 Å². The molecule has 6 heteroatoms. The molecule has 0 radical (unpaired) electrons. The molecule has 0 aromatic carbocycles. The Kier molecular flexibility index (Phi) is 6.64. The van der Waals surface area contributed by atoms with Crippen molar-refractivity contribution in [2.75, 3.05) is 64.1 Å². The molecule has 0 amide bonds. The lowest BCUT2D eigenvalue weighted by Gasteiger charge is -2.49. The van der Waals surface area contributed by atoms with Gasteiger partial charge in [0.1, 0.15) is 0 Å². The van der Waals surface area contributed by atoms with Crippen molar-refractivity contribution < 1.29 is 9.47 Å². The SMILES string of the molecule is CC1(C)C2CCC1(CSSCC13CCC(CC1N1CCOCC1)C3(C)C)C(N1CCOCC1)C2. The summed E-state index contributed by atoms with van der Waals surface area (Å²) >= 11 is 0. The number of rotatable bonds is 7. The minimum atomic E-state index is 0.475. The zero-order valence-corrected chi connectivity index (χ0v) is 23.8. The molecule has 0 aromatic heterocycles. The first-order valence-electron chi connectivity index (χ1n) is 14.2. The average Bonchev–Trinajstić information content (AvgIpc) is 3.42. The molecule has 0 spiro atoms. The highest BCUT2D eigenvalue weighted by Crippen LogP contribution is 2.70. The smallest absolute Gasteiger partial charge is 0.0594 e. The van der Waals surface area contributed by atoms with Crippen LogP contribution in [0.1, 0.15) is 66.2 Å². The van der Waals surface area contributed by atoms with Gasteiger partial charge < -0.3 is 9.47 Å². The molecule has 4 aliphatic carbocycles. The molecule has 4 nitrogen and oxygen atoms in total. The Hall–Kier alpha value is 0.540. The monoisotopic (exact) mass is 508 g/mol. The van der Waals surface area contributed by atoms with Gasteiger partial charge in [-0.05, 0) is 61.2 Å². The highest BCUT2D eigenvalue weighted by atomic mass is 33.1. The molecule has 6 rings (SSSR count). The third-order valence-corrected chi connectivity index (χ3v) is 15.1. The van der Waals surface area contributed by atoms with Crippen molar-refractivity contribution in [3.8, 4) is 0 Å². The van der Waals surface area contributed by atoms with Crippen molar-refractivity contribution >= 4 is 21.6 Å². The van der Waals surface area contributed by atoms with Crippen LogP contribution in [0.25, 0.3) is 0 Å². The maximum atomic E-state index is 5.72. The molecule has 6 unspecified atom stereocenters. The van der Waals surface area contributed by atoms with Crippen LogP contribution >= 0.6 is 21.6 Å². The summed E-state index contributed by atoms with van der Waals surface area (Å²) in [5, 5.41) is 0. The van der Waals surface area contributed by atoms with Crippen LogP contribution in [0.15, 0.2) is 0 Å². The lowest BCUT2D eigenvalue weighted by Crippen LogP contribution is -2.54. The quantitative estimate of drug-likeness (QED) is 0.336. The van der Waals surface area contributed by atoms with Crippen LogP contribution in [0.4, 0.5) is 0 Å². The van der Waals surface area contributed by atoms with E-state index in [-0.39, 0.29) is 0 Å². The Morgan fingerprint density at radius 2 is 1.03 bits per heavy atom. The molecule has 0 aromatic rings. The molecule has 34 heavy (non-hydrogen) atoms. The van der Waals surface area contributed by atoms with Gasteiger partial charge in [0.15, 0.2) is 0 Å². The molecule has 0 N–H and O–H groups in total. The predicted octanol–water partition coefficient (Wildman–Crippen LogP) is 5.42. The van der Waals surface area contributed by atoms with E-state index >= 15 is 0 Å². The third kappa shape index (κ3) is 3.55. The minimum absolute atomic E-state index is 0.475. The zero-order valence-electron chi connectivity index (χ0n) is 22.2. The zero-order chi connectivity index (χ0) is 23.6.